The van der Waals surface area contributed by atoms with E-state index in [1.807, 2.05) is 0 Å². The van der Waals surface area contributed by atoms with E-state index in [-0.39, 0.29) is 25.3 Å². The summed E-state index contributed by atoms with van der Waals surface area (Å²) in [5.74, 6) is -0.455. The summed E-state index contributed by atoms with van der Waals surface area (Å²) >= 11 is 0. The lowest BCUT2D eigenvalue weighted by Gasteiger charge is -2.30. The van der Waals surface area contributed by atoms with Gasteiger partial charge in [-0.3, -0.25) is 0 Å². The number of benzene rings is 1. The molecule has 0 amide bonds. The smallest absolute Gasteiger partial charge is 0.406 e. The fourth-order valence-electron chi connectivity index (χ4n) is 1.94. The Morgan fingerprint density at radius 1 is 1.33 bits per heavy atom. The second-order valence-corrected chi connectivity index (χ2v) is 5.62. The van der Waals surface area contributed by atoms with Gasteiger partial charge in [-0.1, -0.05) is 16.0 Å². The van der Waals surface area contributed by atoms with Crippen LogP contribution >= 0.6 is 0 Å². The monoisotopic (exact) mass is 329 g/mol. The van der Waals surface area contributed by atoms with Crippen molar-refractivity contribution < 1.29 is 34.9 Å². The Balaban J connectivity index is 2.16. The van der Waals surface area contributed by atoms with E-state index in [1.165, 1.54) is 12.1 Å². The van der Waals surface area contributed by atoms with E-state index in [1.54, 1.807) is 0 Å². The van der Waals surface area contributed by atoms with E-state index >= 15 is 0 Å². The number of morpholine rings is 1. The zero-order valence-electron chi connectivity index (χ0n) is 10.5. The molecule has 118 valence electrons. The predicted molar refractivity (Wildman–Crippen MR) is 63.4 cm³/mol. The maximum absolute atomic E-state index is 12.9. The van der Waals surface area contributed by atoms with E-state index in [4.69, 9.17) is 4.74 Å². The Labute approximate surface area is 118 Å². The molecule has 10 heteroatoms. The summed E-state index contributed by atoms with van der Waals surface area (Å²) in [5.41, 5.74) is 0.269. The molecule has 1 aromatic carbocycles. The molecule has 1 saturated heterocycles. The highest BCUT2D eigenvalue weighted by molar-refractivity contribution is 7.83. The van der Waals surface area contributed by atoms with E-state index < -0.39 is 28.6 Å². The number of hydrogen-bond acceptors (Lipinski definition) is 4. The number of nitrogens with zero attached hydrogens (tertiary/aromatic N) is 1. The molecule has 0 radical (unpaired) electrons. The molecular formula is C11H11F4NO4S. The average molecular weight is 329 g/mol. The van der Waals surface area contributed by atoms with Crippen molar-refractivity contribution in [1.82, 2.24) is 4.31 Å². The summed E-state index contributed by atoms with van der Waals surface area (Å²) in [6.07, 6.45) is -5.69. The third-order valence-corrected chi connectivity index (χ3v) is 3.75. The van der Waals surface area contributed by atoms with Crippen LogP contribution in [0.1, 0.15) is 11.7 Å². The third-order valence-electron chi connectivity index (χ3n) is 2.80. The number of hydrogen-bond donors (Lipinski definition) is 0. The molecule has 0 aromatic heterocycles. The maximum Gasteiger partial charge on any atom is 0.573 e. The summed E-state index contributed by atoms with van der Waals surface area (Å²) in [4.78, 5) is 0. The van der Waals surface area contributed by atoms with Crippen LogP contribution in [0.15, 0.2) is 24.3 Å². The molecule has 0 N–H and O–H groups in total. The molecule has 21 heavy (non-hydrogen) atoms. The van der Waals surface area contributed by atoms with Crippen LogP contribution in [-0.2, 0) is 15.1 Å². The van der Waals surface area contributed by atoms with Gasteiger partial charge in [0.05, 0.1) is 12.7 Å². The molecule has 1 atom stereocenters. The normalized spacial score (nSPS) is 21.2. The van der Waals surface area contributed by atoms with E-state index in [2.05, 4.69) is 4.74 Å². The number of rotatable bonds is 3. The van der Waals surface area contributed by atoms with Gasteiger partial charge in [-0.15, -0.1) is 13.2 Å². The molecule has 1 aliphatic heterocycles. The van der Waals surface area contributed by atoms with Gasteiger partial charge in [0.15, 0.2) is 0 Å². The van der Waals surface area contributed by atoms with Crippen molar-refractivity contribution in [3.63, 3.8) is 0 Å². The van der Waals surface area contributed by atoms with Crippen LogP contribution in [0.25, 0.3) is 0 Å². The van der Waals surface area contributed by atoms with Gasteiger partial charge in [-0.05, 0) is 17.7 Å². The molecule has 0 spiro atoms. The van der Waals surface area contributed by atoms with Crippen molar-refractivity contribution in [2.75, 3.05) is 19.7 Å². The number of ether oxygens (including phenoxy) is 2. The summed E-state index contributed by atoms with van der Waals surface area (Å²) < 4.78 is 80.7. The van der Waals surface area contributed by atoms with Crippen LogP contribution in [0.2, 0.25) is 0 Å². The average Bonchev–Trinajstić information content (AvgIpc) is 2.36. The second kappa shape index (κ2) is 5.78. The fourth-order valence-corrected chi connectivity index (χ4v) is 2.54. The first-order valence-corrected chi connectivity index (χ1v) is 7.16. The largest absolute Gasteiger partial charge is 0.573 e. The van der Waals surface area contributed by atoms with Crippen molar-refractivity contribution >= 4 is 10.4 Å². The van der Waals surface area contributed by atoms with Gasteiger partial charge in [0.2, 0.25) is 0 Å². The Kier molecular flexibility index (Phi) is 4.40. The minimum Gasteiger partial charge on any atom is -0.406 e. The van der Waals surface area contributed by atoms with Crippen LogP contribution < -0.4 is 4.74 Å². The van der Waals surface area contributed by atoms with Crippen LogP contribution in [0.3, 0.4) is 0 Å². The molecule has 1 aromatic rings. The van der Waals surface area contributed by atoms with Crippen molar-refractivity contribution in [1.29, 1.82) is 0 Å². The van der Waals surface area contributed by atoms with Gasteiger partial charge >= 0.3 is 16.8 Å². The van der Waals surface area contributed by atoms with E-state index in [9.17, 15) is 25.5 Å². The Morgan fingerprint density at radius 3 is 2.67 bits per heavy atom. The van der Waals surface area contributed by atoms with Gasteiger partial charge < -0.3 is 9.47 Å². The molecular weight excluding hydrogens is 318 g/mol. The van der Waals surface area contributed by atoms with Gasteiger partial charge in [-0.25, -0.2) is 0 Å². The molecule has 0 bridgehead atoms. The summed E-state index contributed by atoms with van der Waals surface area (Å²) in [5, 5.41) is 0. The minimum atomic E-state index is -4.86. The first-order chi connectivity index (χ1) is 9.65. The lowest BCUT2D eigenvalue weighted by Crippen LogP contribution is -2.40. The molecule has 1 aliphatic rings. The minimum absolute atomic E-state index is 0.0574. The van der Waals surface area contributed by atoms with Gasteiger partial charge in [-0.2, -0.15) is 12.7 Å². The predicted octanol–water partition coefficient (Wildman–Crippen LogP) is 2.17. The standard InChI is InChI=1S/C11H11F4NO4S/c12-11(13,14)20-9-3-1-2-8(6-9)10-7-16(4-5-19-10)21(15,17)18/h1-3,6,10H,4-5,7H2. The summed E-state index contributed by atoms with van der Waals surface area (Å²) in [6.45, 7) is -0.513. The molecule has 5 nitrogen and oxygen atoms in total. The molecule has 2 rings (SSSR count). The SMILES string of the molecule is O=S(=O)(F)N1CCOC(c2cccc(OC(F)(F)F)c2)C1. The van der Waals surface area contributed by atoms with E-state index in [0.717, 1.165) is 12.1 Å². The maximum atomic E-state index is 12.9. The lowest BCUT2D eigenvalue weighted by atomic mass is 10.1. The third kappa shape index (κ3) is 4.55. The Morgan fingerprint density at radius 2 is 2.05 bits per heavy atom. The molecule has 1 unspecified atom stereocenters. The molecule has 1 heterocycles. The summed E-state index contributed by atoms with van der Waals surface area (Å²) in [7, 11) is -4.86. The van der Waals surface area contributed by atoms with Crippen molar-refractivity contribution in [2.45, 2.75) is 12.5 Å². The van der Waals surface area contributed by atoms with Crippen LogP contribution in [-0.4, -0.2) is 38.8 Å². The van der Waals surface area contributed by atoms with Crippen LogP contribution in [0.4, 0.5) is 17.1 Å². The van der Waals surface area contributed by atoms with Crippen molar-refractivity contribution in [3.05, 3.63) is 29.8 Å². The zero-order chi connectivity index (χ0) is 15.7. The molecule has 0 aliphatic carbocycles. The zero-order valence-corrected chi connectivity index (χ0v) is 11.3. The van der Waals surface area contributed by atoms with Gasteiger partial charge in [0, 0.05) is 13.1 Å². The number of halogens is 4. The Bertz CT molecular complexity index is 604. The highest BCUT2D eigenvalue weighted by atomic mass is 32.3. The van der Waals surface area contributed by atoms with Gasteiger partial charge in [0.1, 0.15) is 5.75 Å². The quantitative estimate of drug-likeness (QED) is 0.630. The number of alkyl halides is 3. The molecule has 1 fully saturated rings. The van der Waals surface area contributed by atoms with Crippen LogP contribution in [0.5, 0.6) is 5.75 Å². The lowest BCUT2D eigenvalue weighted by molar-refractivity contribution is -0.274. The van der Waals surface area contributed by atoms with Crippen molar-refractivity contribution in [3.8, 4) is 5.75 Å². The first kappa shape index (κ1) is 16.0. The highest BCUT2D eigenvalue weighted by Crippen LogP contribution is 2.29. The van der Waals surface area contributed by atoms with Crippen LogP contribution in [0, 0.1) is 0 Å². The molecule has 0 saturated carbocycles. The van der Waals surface area contributed by atoms with Crippen molar-refractivity contribution in [2.24, 2.45) is 0 Å². The Hall–Kier alpha value is -1.39. The highest BCUT2D eigenvalue weighted by Gasteiger charge is 2.33. The van der Waals surface area contributed by atoms with E-state index in [0.29, 0.717) is 4.31 Å². The second-order valence-electron chi connectivity index (χ2n) is 4.28. The summed E-state index contributed by atoms with van der Waals surface area (Å²) in [6, 6.07) is 4.93. The topological polar surface area (TPSA) is 55.8 Å². The fraction of sp³-hybridized carbons (Fsp3) is 0.455. The first-order valence-electron chi connectivity index (χ1n) is 5.82. The van der Waals surface area contributed by atoms with Gasteiger partial charge in [0.25, 0.3) is 0 Å².